The Kier molecular flexibility index (Phi) is 7.90. The van der Waals surface area contributed by atoms with Gasteiger partial charge in [0.25, 0.3) is 0 Å². The molecule has 4 rings (SSSR count). The second kappa shape index (κ2) is 11.1. The van der Waals surface area contributed by atoms with Gasteiger partial charge in [-0.05, 0) is 20.5 Å². The van der Waals surface area contributed by atoms with Gasteiger partial charge < -0.3 is 9.64 Å². The van der Waals surface area contributed by atoms with Gasteiger partial charge in [0.05, 0.1) is 6.61 Å². The van der Waals surface area contributed by atoms with Gasteiger partial charge in [-0.15, -0.1) is 0 Å². The molecule has 10 nitrogen and oxygen atoms in total. The molecule has 0 atom stereocenters. The van der Waals surface area contributed by atoms with Crippen LogP contribution in [0, 0.1) is 14.0 Å². The molecule has 0 radical (unpaired) electrons. The van der Waals surface area contributed by atoms with Crippen molar-refractivity contribution in [1.29, 1.82) is 0 Å². The van der Waals surface area contributed by atoms with E-state index in [4.69, 9.17) is 9.15 Å². The van der Waals surface area contributed by atoms with E-state index in [1.165, 1.54) is 4.57 Å². The normalized spacial score (nSPS) is 11.7. The zero-order valence-corrected chi connectivity index (χ0v) is 20.9. The van der Waals surface area contributed by atoms with Crippen molar-refractivity contribution >= 4 is 11.1 Å². The SMILES string of the molecule is CN(C)CCCOc1cnc(-c2cccc(Cn3c(=O)oc4ccc([I-][NH+]([O-])[O-])cc43)c2)nc1. The van der Waals surface area contributed by atoms with Crippen molar-refractivity contribution in [2.75, 3.05) is 27.2 Å². The van der Waals surface area contributed by atoms with Crippen molar-refractivity contribution in [2.45, 2.75) is 13.0 Å². The fourth-order valence-corrected chi connectivity index (χ4v) is 4.75. The Morgan fingerprint density at radius 2 is 1.94 bits per heavy atom. The molecule has 2 aromatic heterocycles. The summed E-state index contributed by atoms with van der Waals surface area (Å²) < 4.78 is 12.1. The zero-order valence-electron chi connectivity index (χ0n) is 18.7. The first-order valence-corrected chi connectivity index (χ1v) is 12.7. The second-order valence-electron chi connectivity index (χ2n) is 7.85. The molecule has 34 heavy (non-hydrogen) atoms. The van der Waals surface area contributed by atoms with Crippen LogP contribution in [-0.4, -0.2) is 46.7 Å². The molecule has 0 aliphatic rings. The number of rotatable bonds is 10. The second-order valence-corrected chi connectivity index (χ2v) is 10.5. The van der Waals surface area contributed by atoms with Gasteiger partial charge >= 0.3 is 164 Å². The molecule has 0 amide bonds. The average Bonchev–Trinajstić information content (AvgIpc) is 3.11. The van der Waals surface area contributed by atoms with Gasteiger partial charge in [-0.2, -0.15) is 0 Å². The number of nitrogens with one attached hydrogen (secondary N) is 1. The fourth-order valence-electron chi connectivity index (χ4n) is 3.43. The van der Waals surface area contributed by atoms with Gasteiger partial charge in [-0.1, -0.05) is 0 Å². The summed E-state index contributed by atoms with van der Waals surface area (Å²) in [4.78, 5) is 23.4. The van der Waals surface area contributed by atoms with Crippen molar-refractivity contribution in [3.8, 4) is 17.1 Å². The Labute approximate surface area is 206 Å². The molecule has 0 fully saturated rings. The van der Waals surface area contributed by atoms with Crippen LogP contribution >= 0.6 is 0 Å². The number of quaternary nitrogens is 1. The molecule has 0 unspecified atom stereocenters. The summed E-state index contributed by atoms with van der Waals surface area (Å²) in [6.45, 7) is 1.80. The standard InChI is InChI=1S/C23H24IN5O5/c1-27(2)9-4-10-33-19-13-25-22(26-14-19)17-6-3-5-16(11-17)15-28-20-12-18(24-29(31)32)7-8-21(20)34-23(28)30/h3,5-8,11-14,29H,4,9-10,15H2,1-2H3/q-2. The number of halogens is 1. The summed E-state index contributed by atoms with van der Waals surface area (Å²) in [5.41, 5.74) is 2.63. The van der Waals surface area contributed by atoms with Crippen molar-refractivity contribution in [2.24, 2.45) is 0 Å². The number of fused-ring (bicyclic) bond motifs is 1. The molecule has 0 saturated heterocycles. The molecule has 4 aromatic rings. The van der Waals surface area contributed by atoms with Gasteiger partial charge in [0.2, 0.25) is 0 Å². The number of nitrogens with zero attached hydrogens (tertiary/aromatic N) is 4. The molecule has 0 bridgehead atoms. The maximum atomic E-state index is 12.4. The molecule has 11 heteroatoms. The third-order valence-corrected chi connectivity index (χ3v) is 6.72. The molecular weight excluding hydrogens is 553 g/mol. The summed E-state index contributed by atoms with van der Waals surface area (Å²) in [5, 5.41) is 22.0. The van der Waals surface area contributed by atoms with Crippen LogP contribution in [0.5, 0.6) is 5.75 Å². The van der Waals surface area contributed by atoms with Crippen molar-refractivity contribution in [1.82, 2.24) is 19.4 Å². The Morgan fingerprint density at radius 1 is 1.15 bits per heavy atom. The van der Waals surface area contributed by atoms with E-state index in [0.717, 1.165) is 24.1 Å². The Hall–Kier alpha value is -2.84. The van der Waals surface area contributed by atoms with Crippen LogP contribution in [0.25, 0.3) is 22.5 Å². The van der Waals surface area contributed by atoms with Crippen LogP contribution in [0.4, 0.5) is 0 Å². The monoisotopic (exact) mass is 577 g/mol. The van der Waals surface area contributed by atoms with Crippen LogP contribution in [-0.2, 0) is 6.54 Å². The van der Waals surface area contributed by atoms with E-state index < -0.39 is 30.7 Å². The number of oxazole rings is 1. The van der Waals surface area contributed by atoms with Crippen LogP contribution in [0.2, 0.25) is 0 Å². The van der Waals surface area contributed by atoms with Crippen molar-refractivity contribution < 1.29 is 34.1 Å². The first kappa shape index (κ1) is 24.3. The van der Waals surface area contributed by atoms with Gasteiger partial charge in [-0.3, -0.25) is 0 Å². The zero-order chi connectivity index (χ0) is 24.1. The number of ether oxygens (including phenoxy) is 1. The molecular formula is C23H24IN5O5-2. The number of aromatic nitrogens is 3. The predicted molar refractivity (Wildman–Crippen MR) is 122 cm³/mol. The number of hydrogen-bond donors (Lipinski definition) is 1. The molecule has 180 valence electrons. The predicted octanol–water partition coefficient (Wildman–Crippen LogP) is -1.52. The van der Waals surface area contributed by atoms with Crippen LogP contribution < -0.4 is 35.4 Å². The third kappa shape index (κ3) is 6.18. The quantitative estimate of drug-likeness (QED) is 0.104. The number of benzene rings is 2. The first-order chi connectivity index (χ1) is 16.4. The molecule has 0 saturated carbocycles. The molecule has 2 aromatic carbocycles. The minimum atomic E-state index is -1.30. The van der Waals surface area contributed by atoms with E-state index in [1.807, 2.05) is 38.4 Å². The van der Waals surface area contributed by atoms with E-state index in [1.54, 1.807) is 30.6 Å². The molecule has 2 heterocycles. The van der Waals surface area contributed by atoms with Gasteiger partial charge in [0.15, 0.2) is 0 Å². The van der Waals surface area contributed by atoms with E-state index in [2.05, 4.69) is 14.9 Å². The van der Waals surface area contributed by atoms with Crippen molar-refractivity contribution in [3.05, 3.63) is 85.0 Å². The van der Waals surface area contributed by atoms with E-state index >= 15 is 0 Å². The summed E-state index contributed by atoms with van der Waals surface area (Å²) >= 11 is -1.30. The van der Waals surface area contributed by atoms with Crippen molar-refractivity contribution in [3.63, 3.8) is 0 Å². The Morgan fingerprint density at radius 3 is 2.68 bits per heavy atom. The maximum absolute atomic E-state index is 12.4. The topological polar surface area (TPSA) is 124 Å². The van der Waals surface area contributed by atoms with E-state index in [-0.39, 0.29) is 6.54 Å². The Balaban J connectivity index is 1.50. The van der Waals surface area contributed by atoms with E-state index in [9.17, 15) is 15.2 Å². The van der Waals surface area contributed by atoms with Crippen LogP contribution in [0.15, 0.2) is 64.1 Å². The minimum absolute atomic E-state index is 0.264. The summed E-state index contributed by atoms with van der Waals surface area (Å²) in [7, 11) is 4.04. The Bertz CT molecular complexity index is 1300. The van der Waals surface area contributed by atoms with Gasteiger partial charge in [0.1, 0.15) is 0 Å². The first-order valence-electron chi connectivity index (χ1n) is 10.6. The summed E-state index contributed by atoms with van der Waals surface area (Å²) in [5.74, 6) is 0.661. The van der Waals surface area contributed by atoms with E-state index in [0.29, 0.717) is 32.9 Å². The number of hydrogen-bond acceptors (Lipinski definition) is 8. The summed E-state index contributed by atoms with van der Waals surface area (Å²) in [6, 6.07) is 12.6. The van der Waals surface area contributed by atoms with Crippen LogP contribution in [0.3, 0.4) is 0 Å². The molecule has 0 spiro atoms. The van der Waals surface area contributed by atoms with Gasteiger partial charge in [-0.25, -0.2) is 0 Å². The molecule has 1 N–H and O–H groups in total. The third-order valence-electron chi connectivity index (χ3n) is 4.99. The summed E-state index contributed by atoms with van der Waals surface area (Å²) in [6.07, 6.45) is 4.22. The van der Waals surface area contributed by atoms with Gasteiger partial charge in [0, 0.05) is 6.54 Å². The molecule has 0 aliphatic carbocycles. The average molecular weight is 577 g/mol. The molecule has 0 aliphatic heterocycles. The van der Waals surface area contributed by atoms with Crippen LogP contribution in [0.1, 0.15) is 12.0 Å². The fraction of sp³-hybridized carbons (Fsp3) is 0.261.